The lowest BCUT2D eigenvalue weighted by atomic mass is 10.2. The fourth-order valence-electron chi connectivity index (χ4n) is 1.01. The van der Waals surface area contributed by atoms with Crippen LogP contribution in [0.5, 0.6) is 0 Å². The summed E-state index contributed by atoms with van der Waals surface area (Å²) in [4.78, 5) is 0. The second-order valence-electron chi connectivity index (χ2n) is 2.28. The first-order valence-electron chi connectivity index (χ1n) is 3.34. The molecule has 0 unspecified atom stereocenters. The van der Waals surface area contributed by atoms with Crippen LogP contribution in [0, 0.1) is 0 Å². The molecule has 0 aliphatic heterocycles. The number of fused-ring (bicyclic) bond motifs is 1. The number of benzene rings is 1. The Kier molecular flexibility index (Phi) is 1.51. The SMILES string of the molecule is Clc1ccc2ccccc2[o+]1. The van der Waals surface area contributed by atoms with Crippen molar-refractivity contribution in [3.05, 3.63) is 41.6 Å². The summed E-state index contributed by atoms with van der Waals surface area (Å²) in [6.07, 6.45) is 0. The molecule has 0 N–H and O–H groups in total. The van der Waals surface area contributed by atoms with Crippen molar-refractivity contribution in [2.75, 3.05) is 0 Å². The highest BCUT2D eigenvalue weighted by atomic mass is 35.5. The third-order valence-corrected chi connectivity index (χ3v) is 1.72. The molecule has 1 aromatic carbocycles. The minimum Gasteiger partial charge on any atom is -0.195 e. The minimum atomic E-state index is 0.420. The molecule has 0 amide bonds. The molecule has 0 saturated heterocycles. The van der Waals surface area contributed by atoms with Crippen molar-refractivity contribution in [1.29, 1.82) is 0 Å². The maximum absolute atomic E-state index is 5.65. The lowest BCUT2D eigenvalue weighted by Gasteiger charge is -1.83. The van der Waals surface area contributed by atoms with Gasteiger partial charge >= 0.3 is 10.8 Å². The van der Waals surface area contributed by atoms with Gasteiger partial charge in [-0.2, -0.15) is 4.42 Å². The van der Waals surface area contributed by atoms with Gasteiger partial charge in [0.25, 0.3) is 0 Å². The van der Waals surface area contributed by atoms with Gasteiger partial charge in [0.2, 0.25) is 0 Å². The molecule has 1 aromatic heterocycles. The van der Waals surface area contributed by atoms with Crippen LogP contribution in [-0.4, -0.2) is 0 Å². The van der Waals surface area contributed by atoms with E-state index < -0.39 is 0 Å². The fourth-order valence-corrected chi connectivity index (χ4v) is 1.15. The fraction of sp³-hybridized carbons (Fsp3) is 0. The zero-order valence-corrected chi connectivity index (χ0v) is 6.51. The first kappa shape index (κ1) is 6.62. The summed E-state index contributed by atoms with van der Waals surface area (Å²) >= 11 is 5.65. The molecule has 0 radical (unpaired) electrons. The standard InChI is InChI=1S/C9H6ClO/c10-9-6-5-7-3-1-2-4-8(7)11-9/h1-6H/q+1. The van der Waals surface area contributed by atoms with Crippen LogP contribution in [0.1, 0.15) is 0 Å². The van der Waals surface area contributed by atoms with Gasteiger partial charge in [0.05, 0.1) is 11.5 Å². The van der Waals surface area contributed by atoms with E-state index in [1.807, 2.05) is 30.3 Å². The van der Waals surface area contributed by atoms with E-state index in [4.69, 9.17) is 16.0 Å². The molecule has 1 heterocycles. The minimum absolute atomic E-state index is 0.420. The van der Waals surface area contributed by atoms with E-state index in [2.05, 4.69) is 0 Å². The Hall–Kier alpha value is -1.08. The molecule has 11 heavy (non-hydrogen) atoms. The number of rotatable bonds is 0. The van der Waals surface area contributed by atoms with E-state index in [9.17, 15) is 0 Å². The smallest absolute Gasteiger partial charge is 0.195 e. The van der Waals surface area contributed by atoms with Gasteiger partial charge in [-0.1, -0.05) is 12.1 Å². The second kappa shape index (κ2) is 2.51. The summed E-state index contributed by atoms with van der Waals surface area (Å²) in [6.45, 7) is 0. The number of hydrogen-bond donors (Lipinski definition) is 0. The van der Waals surface area contributed by atoms with Crippen molar-refractivity contribution >= 4 is 22.6 Å². The van der Waals surface area contributed by atoms with Crippen LogP contribution < -0.4 is 0 Å². The Balaban J connectivity index is 2.83. The van der Waals surface area contributed by atoms with Crippen LogP contribution in [0.25, 0.3) is 11.0 Å². The molecule has 0 atom stereocenters. The van der Waals surface area contributed by atoms with E-state index >= 15 is 0 Å². The maximum atomic E-state index is 5.65. The normalized spacial score (nSPS) is 10.3. The molecule has 0 bridgehead atoms. The average Bonchev–Trinajstić information content (AvgIpc) is 2.04. The molecule has 0 fully saturated rings. The molecule has 2 heteroatoms. The van der Waals surface area contributed by atoms with Crippen LogP contribution in [0.3, 0.4) is 0 Å². The third kappa shape index (κ3) is 1.19. The number of para-hydroxylation sites is 1. The Bertz CT molecular complexity index is 384. The highest BCUT2D eigenvalue weighted by molar-refractivity contribution is 6.29. The lowest BCUT2D eigenvalue weighted by Crippen LogP contribution is -1.69. The summed E-state index contributed by atoms with van der Waals surface area (Å²) in [5, 5.41) is 1.49. The Labute approximate surface area is 69.2 Å². The van der Waals surface area contributed by atoms with Gasteiger partial charge in [0.1, 0.15) is 0 Å². The van der Waals surface area contributed by atoms with Crippen molar-refractivity contribution in [3.63, 3.8) is 0 Å². The predicted molar refractivity (Wildman–Crippen MR) is 45.6 cm³/mol. The quantitative estimate of drug-likeness (QED) is 0.545. The summed E-state index contributed by atoms with van der Waals surface area (Å²) in [5.41, 5.74) is 0.819. The van der Waals surface area contributed by atoms with E-state index in [1.165, 1.54) is 0 Å². The Morgan fingerprint density at radius 2 is 1.82 bits per heavy atom. The molecule has 0 spiro atoms. The maximum Gasteiger partial charge on any atom is 0.423 e. The summed E-state index contributed by atoms with van der Waals surface area (Å²) < 4.78 is 5.23. The Morgan fingerprint density at radius 3 is 2.73 bits per heavy atom. The van der Waals surface area contributed by atoms with Gasteiger partial charge in [-0.15, -0.1) is 0 Å². The van der Waals surface area contributed by atoms with E-state index in [1.54, 1.807) is 6.07 Å². The lowest BCUT2D eigenvalue weighted by molar-refractivity contribution is 0.606. The zero-order valence-electron chi connectivity index (χ0n) is 5.75. The first-order valence-corrected chi connectivity index (χ1v) is 3.71. The van der Waals surface area contributed by atoms with Gasteiger partial charge in [0.15, 0.2) is 0 Å². The van der Waals surface area contributed by atoms with Gasteiger partial charge in [-0.3, -0.25) is 0 Å². The van der Waals surface area contributed by atoms with E-state index in [-0.39, 0.29) is 0 Å². The highest BCUT2D eigenvalue weighted by Crippen LogP contribution is 2.18. The topological polar surface area (TPSA) is 11.3 Å². The molecule has 0 aliphatic carbocycles. The summed E-state index contributed by atoms with van der Waals surface area (Å²) in [5.74, 6) is 0. The summed E-state index contributed by atoms with van der Waals surface area (Å²) in [6, 6.07) is 11.4. The van der Waals surface area contributed by atoms with Crippen molar-refractivity contribution in [3.8, 4) is 0 Å². The Morgan fingerprint density at radius 1 is 1.00 bits per heavy atom. The second-order valence-corrected chi connectivity index (χ2v) is 2.65. The highest BCUT2D eigenvalue weighted by Gasteiger charge is 2.06. The molecule has 0 saturated carbocycles. The van der Waals surface area contributed by atoms with Gasteiger partial charge < -0.3 is 0 Å². The first-order chi connectivity index (χ1) is 5.36. The summed E-state index contributed by atoms with van der Waals surface area (Å²) in [7, 11) is 0. The van der Waals surface area contributed by atoms with E-state index in [0.717, 1.165) is 11.0 Å². The molecule has 1 nitrogen and oxygen atoms in total. The van der Waals surface area contributed by atoms with Crippen LogP contribution in [0.2, 0.25) is 5.22 Å². The van der Waals surface area contributed by atoms with Crippen molar-refractivity contribution < 1.29 is 4.42 Å². The molecular weight excluding hydrogens is 160 g/mol. The van der Waals surface area contributed by atoms with Crippen LogP contribution in [-0.2, 0) is 0 Å². The molecule has 2 aromatic rings. The molecular formula is C9H6ClO+. The van der Waals surface area contributed by atoms with Crippen molar-refractivity contribution in [2.45, 2.75) is 0 Å². The monoisotopic (exact) mass is 165 g/mol. The van der Waals surface area contributed by atoms with Crippen LogP contribution >= 0.6 is 11.6 Å². The number of halogens is 1. The van der Waals surface area contributed by atoms with Crippen molar-refractivity contribution in [2.24, 2.45) is 0 Å². The van der Waals surface area contributed by atoms with Gasteiger partial charge in [-0.25, -0.2) is 0 Å². The average molecular weight is 166 g/mol. The third-order valence-electron chi connectivity index (χ3n) is 1.52. The molecule has 0 aliphatic rings. The van der Waals surface area contributed by atoms with Crippen LogP contribution in [0.4, 0.5) is 0 Å². The van der Waals surface area contributed by atoms with E-state index in [0.29, 0.717) is 5.22 Å². The number of hydrogen-bond acceptors (Lipinski definition) is 0. The van der Waals surface area contributed by atoms with Gasteiger partial charge in [0, 0.05) is 17.7 Å². The van der Waals surface area contributed by atoms with Crippen LogP contribution in [0.15, 0.2) is 40.8 Å². The largest absolute Gasteiger partial charge is 0.423 e. The molecule has 54 valence electrons. The molecule has 2 rings (SSSR count). The zero-order chi connectivity index (χ0) is 7.68. The van der Waals surface area contributed by atoms with Crippen molar-refractivity contribution in [1.82, 2.24) is 0 Å². The predicted octanol–water partition coefficient (Wildman–Crippen LogP) is 3.37. The van der Waals surface area contributed by atoms with Gasteiger partial charge in [-0.05, 0) is 12.1 Å².